The topological polar surface area (TPSA) is 48.0 Å². The Balaban J connectivity index is 1.67. The number of amides is 1. The third kappa shape index (κ3) is 5.81. The van der Waals surface area contributed by atoms with Gasteiger partial charge in [-0.1, -0.05) is 36.4 Å². The lowest BCUT2D eigenvalue weighted by Gasteiger charge is -2.23. The summed E-state index contributed by atoms with van der Waals surface area (Å²) < 4.78 is 16.6. The summed E-state index contributed by atoms with van der Waals surface area (Å²) in [5, 5.41) is 0. The second-order valence-electron chi connectivity index (χ2n) is 6.68. The van der Waals surface area contributed by atoms with E-state index in [9.17, 15) is 4.79 Å². The summed E-state index contributed by atoms with van der Waals surface area (Å²) in [5.74, 6) is 0.668. The van der Waals surface area contributed by atoms with Gasteiger partial charge in [-0.25, -0.2) is 0 Å². The van der Waals surface area contributed by atoms with E-state index in [0.717, 1.165) is 25.0 Å². The maximum atomic E-state index is 13.1. The summed E-state index contributed by atoms with van der Waals surface area (Å²) in [5.41, 5.74) is 1.71. The zero-order chi connectivity index (χ0) is 18.9. The van der Waals surface area contributed by atoms with Gasteiger partial charge in [0, 0.05) is 32.4 Å². The molecule has 0 N–H and O–H groups in total. The van der Waals surface area contributed by atoms with Gasteiger partial charge in [0.15, 0.2) is 0 Å². The molecule has 3 rings (SSSR count). The molecule has 0 radical (unpaired) electrons. The van der Waals surface area contributed by atoms with Gasteiger partial charge in [0.05, 0.1) is 12.7 Å². The first-order chi connectivity index (χ1) is 13.3. The van der Waals surface area contributed by atoms with Crippen LogP contribution in [0, 0.1) is 0 Å². The second-order valence-corrected chi connectivity index (χ2v) is 6.68. The highest BCUT2D eigenvalue weighted by molar-refractivity contribution is 5.94. The van der Waals surface area contributed by atoms with Crippen LogP contribution in [0.5, 0.6) is 5.75 Å². The van der Waals surface area contributed by atoms with Crippen LogP contribution in [0.3, 0.4) is 0 Å². The van der Waals surface area contributed by atoms with Crippen molar-refractivity contribution >= 4 is 5.91 Å². The number of benzene rings is 2. The van der Waals surface area contributed by atoms with Crippen LogP contribution in [-0.4, -0.2) is 50.4 Å². The second kappa shape index (κ2) is 10.1. The van der Waals surface area contributed by atoms with Gasteiger partial charge in [0.2, 0.25) is 0 Å². The van der Waals surface area contributed by atoms with Crippen LogP contribution >= 0.6 is 0 Å². The van der Waals surface area contributed by atoms with Crippen molar-refractivity contribution in [2.24, 2.45) is 0 Å². The maximum absolute atomic E-state index is 13.1. The number of carbonyl (C=O) groups is 1. The zero-order valence-corrected chi connectivity index (χ0v) is 15.8. The molecule has 0 saturated carbocycles. The first kappa shape index (κ1) is 19.4. The van der Waals surface area contributed by atoms with E-state index in [4.69, 9.17) is 14.2 Å². The molecule has 1 fully saturated rings. The van der Waals surface area contributed by atoms with Gasteiger partial charge in [-0.05, 0) is 36.6 Å². The van der Waals surface area contributed by atoms with E-state index in [0.29, 0.717) is 37.6 Å². The molecule has 0 spiro atoms. The average molecular weight is 369 g/mol. The van der Waals surface area contributed by atoms with Gasteiger partial charge in [0.1, 0.15) is 12.4 Å². The van der Waals surface area contributed by atoms with E-state index in [1.54, 1.807) is 12.0 Å². The first-order valence-electron chi connectivity index (χ1n) is 9.43. The Morgan fingerprint density at radius 3 is 2.78 bits per heavy atom. The Kier molecular flexibility index (Phi) is 7.25. The molecule has 1 unspecified atom stereocenters. The molecule has 1 aliphatic heterocycles. The summed E-state index contributed by atoms with van der Waals surface area (Å²) in [6.45, 7) is 2.90. The van der Waals surface area contributed by atoms with Crippen molar-refractivity contribution in [1.82, 2.24) is 4.90 Å². The third-order valence-corrected chi connectivity index (χ3v) is 4.61. The Bertz CT molecular complexity index is 713. The van der Waals surface area contributed by atoms with E-state index >= 15 is 0 Å². The van der Waals surface area contributed by atoms with Gasteiger partial charge >= 0.3 is 0 Å². The molecule has 1 aliphatic rings. The van der Waals surface area contributed by atoms with Gasteiger partial charge in [-0.2, -0.15) is 0 Å². The highest BCUT2D eigenvalue weighted by atomic mass is 16.5. The van der Waals surface area contributed by atoms with Crippen molar-refractivity contribution in [3.05, 3.63) is 65.7 Å². The van der Waals surface area contributed by atoms with Crippen molar-refractivity contribution in [2.45, 2.75) is 25.5 Å². The van der Waals surface area contributed by atoms with Crippen LogP contribution < -0.4 is 4.74 Å². The predicted molar refractivity (Wildman–Crippen MR) is 104 cm³/mol. The van der Waals surface area contributed by atoms with Crippen molar-refractivity contribution in [3.63, 3.8) is 0 Å². The summed E-state index contributed by atoms with van der Waals surface area (Å²) in [6, 6.07) is 17.3. The van der Waals surface area contributed by atoms with E-state index in [-0.39, 0.29) is 12.0 Å². The van der Waals surface area contributed by atoms with E-state index in [2.05, 4.69) is 0 Å². The fourth-order valence-electron chi connectivity index (χ4n) is 3.12. The average Bonchev–Trinajstić information content (AvgIpc) is 3.24. The normalized spacial score (nSPS) is 16.3. The summed E-state index contributed by atoms with van der Waals surface area (Å²) >= 11 is 0. The number of hydrogen-bond donors (Lipinski definition) is 0. The molecule has 0 bridgehead atoms. The molecule has 1 saturated heterocycles. The molecule has 5 heteroatoms. The summed E-state index contributed by atoms with van der Waals surface area (Å²) in [4.78, 5) is 14.9. The standard InChI is InChI=1S/C22H27NO4/c1-25-14-12-23(16-18-7-3-2-4-8-18)22(24)19-9-5-10-20(15-19)27-17-21-11-6-13-26-21/h2-5,7-10,15,21H,6,11-14,16-17H2,1H3. The fraction of sp³-hybridized carbons (Fsp3) is 0.409. The van der Waals surface area contributed by atoms with Gasteiger partial charge in [0.25, 0.3) is 5.91 Å². The minimum atomic E-state index is -0.0292. The van der Waals surface area contributed by atoms with Crippen LogP contribution in [0.2, 0.25) is 0 Å². The molecule has 5 nitrogen and oxygen atoms in total. The zero-order valence-electron chi connectivity index (χ0n) is 15.8. The van der Waals surface area contributed by atoms with Crippen LogP contribution in [0.1, 0.15) is 28.8 Å². The number of methoxy groups -OCH3 is 1. The summed E-state index contributed by atoms with van der Waals surface area (Å²) in [6.07, 6.45) is 2.27. The van der Waals surface area contributed by atoms with Gasteiger partial charge in [-0.15, -0.1) is 0 Å². The molecular formula is C22H27NO4. The summed E-state index contributed by atoms with van der Waals surface area (Å²) in [7, 11) is 1.64. The van der Waals surface area contributed by atoms with E-state index in [1.165, 1.54) is 0 Å². The van der Waals surface area contributed by atoms with Crippen LogP contribution in [-0.2, 0) is 16.0 Å². The van der Waals surface area contributed by atoms with Crippen LogP contribution in [0.15, 0.2) is 54.6 Å². The lowest BCUT2D eigenvalue weighted by Crippen LogP contribution is -2.33. The first-order valence-corrected chi connectivity index (χ1v) is 9.43. The number of nitrogens with zero attached hydrogens (tertiary/aromatic N) is 1. The van der Waals surface area contributed by atoms with Gasteiger partial charge in [-0.3, -0.25) is 4.79 Å². The number of hydrogen-bond acceptors (Lipinski definition) is 4. The van der Waals surface area contributed by atoms with E-state index in [1.807, 2.05) is 54.6 Å². The smallest absolute Gasteiger partial charge is 0.254 e. The fourth-order valence-corrected chi connectivity index (χ4v) is 3.12. The number of rotatable bonds is 9. The van der Waals surface area contributed by atoms with Crippen molar-refractivity contribution in [3.8, 4) is 5.75 Å². The quantitative estimate of drug-likeness (QED) is 0.678. The molecule has 2 aromatic carbocycles. The Hall–Kier alpha value is -2.37. The van der Waals surface area contributed by atoms with Crippen molar-refractivity contribution < 1.29 is 19.0 Å². The number of carbonyl (C=O) groups excluding carboxylic acids is 1. The molecule has 144 valence electrons. The molecule has 27 heavy (non-hydrogen) atoms. The molecule has 1 amide bonds. The molecular weight excluding hydrogens is 342 g/mol. The maximum Gasteiger partial charge on any atom is 0.254 e. The lowest BCUT2D eigenvalue weighted by molar-refractivity contribution is 0.0666. The third-order valence-electron chi connectivity index (χ3n) is 4.61. The van der Waals surface area contributed by atoms with Crippen LogP contribution in [0.4, 0.5) is 0 Å². The van der Waals surface area contributed by atoms with Crippen molar-refractivity contribution in [1.29, 1.82) is 0 Å². The lowest BCUT2D eigenvalue weighted by atomic mass is 10.1. The molecule has 1 atom stereocenters. The van der Waals surface area contributed by atoms with Crippen molar-refractivity contribution in [2.75, 3.05) is 33.5 Å². The highest BCUT2D eigenvalue weighted by Crippen LogP contribution is 2.19. The largest absolute Gasteiger partial charge is 0.491 e. The highest BCUT2D eigenvalue weighted by Gasteiger charge is 2.18. The molecule has 2 aromatic rings. The van der Waals surface area contributed by atoms with Gasteiger partial charge < -0.3 is 19.1 Å². The number of ether oxygens (including phenoxy) is 3. The predicted octanol–water partition coefficient (Wildman–Crippen LogP) is 3.53. The van der Waals surface area contributed by atoms with E-state index < -0.39 is 0 Å². The Morgan fingerprint density at radius 1 is 1.19 bits per heavy atom. The molecule has 0 aromatic heterocycles. The molecule has 1 heterocycles. The molecule has 0 aliphatic carbocycles. The minimum absolute atomic E-state index is 0.0292. The SMILES string of the molecule is COCCN(Cc1ccccc1)C(=O)c1cccc(OCC2CCCO2)c1. The Morgan fingerprint density at radius 2 is 2.04 bits per heavy atom. The minimum Gasteiger partial charge on any atom is -0.491 e. The van der Waals surface area contributed by atoms with Crippen LogP contribution in [0.25, 0.3) is 0 Å². The monoisotopic (exact) mass is 369 g/mol. The Labute approximate surface area is 160 Å².